The normalized spacial score (nSPS) is 17.7. The molecule has 1 heterocycles. The van der Waals surface area contributed by atoms with Crippen molar-refractivity contribution in [3.8, 4) is 5.75 Å². The molecule has 2 aliphatic rings. The SMILES string of the molecule is CN1Cc2cccc(OCCOCCOCCNCC3(C)CCC3)c2C1=O. The summed E-state index contributed by atoms with van der Waals surface area (Å²) in [5.74, 6) is 0.669. The van der Waals surface area contributed by atoms with Gasteiger partial charge in [0.1, 0.15) is 12.4 Å². The Kier molecular flexibility index (Phi) is 7.10. The number of rotatable bonds is 12. The third-order valence-corrected chi connectivity index (χ3v) is 5.47. The van der Waals surface area contributed by atoms with Crippen molar-refractivity contribution in [2.45, 2.75) is 32.7 Å². The second-order valence-electron chi connectivity index (χ2n) is 7.87. The van der Waals surface area contributed by atoms with Crippen molar-refractivity contribution >= 4 is 5.91 Å². The van der Waals surface area contributed by atoms with Crippen molar-refractivity contribution < 1.29 is 19.0 Å². The summed E-state index contributed by atoms with van der Waals surface area (Å²) in [6, 6.07) is 5.74. The van der Waals surface area contributed by atoms with Crippen LogP contribution >= 0.6 is 0 Å². The average Bonchev–Trinajstić information content (AvgIpc) is 2.93. The van der Waals surface area contributed by atoms with Gasteiger partial charge in [-0.05, 0) is 29.9 Å². The van der Waals surface area contributed by atoms with Crippen LogP contribution in [0, 0.1) is 5.41 Å². The number of nitrogens with one attached hydrogen (secondary N) is 1. The third-order valence-electron chi connectivity index (χ3n) is 5.47. The topological polar surface area (TPSA) is 60.0 Å². The van der Waals surface area contributed by atoms with Crippen molar-refractivity contribution in [3.63, 3.8) is 0 Å². The van der Waals surface area contributed by atoms with Crippen molar-refractivity contribution in [1.29, 1.82) is 0 Å². The Morgan fingerprint density at radius 3 is 2.59 bits per heavy atom. The van der Waals surface area contributed by atoms with Crippen LogP contribution < -0.4 is 10.1 Å². The summed E-state index contributed by atoms with van der Waals surface area (Å²) in [6.45, 7) is 7.72. The van der Waals surface area contributed by atoms with Crippen molar-refractivity contribution in [2.24, 2.45) is 5.41 Å². The molecule has 6 heteroatoms. The van der Waals surface area contributed by atoms with Gasteiger partial charge in [0.2, 0.25) is 0 Å². The Labute approximate surface area is 162 Å². The predicted octanol–water partition coefficient (Wildman–Crippen LogP) is 2.46. The van der Waals surface area contributed by atoms with Crippen LogP contribution in [-0.2, 0) is 16.0 Å². The highest BCUT2D eigenvalue weighted by molar-refractivity contribution is 6.00. The maximum Gasteiger partial charge on any atom is 0.258 e. The largest absolute Gasteiger partial charge is 0.490 e. The molecule has 0 spiro atoms. The van der Waals surface area contributed by atoms with Gasteiger partial charge in [0, 0.05) is 26.7 Å². The minimum atomic E-state index is 0.0230. The van der Waals surface area contributed by atoms with Gasteiger partial charge in [0.25, 0.3) is 5.91 Å². The Hall–Kier alpha value is -1.63. The fraction of sp³-hybridized carbons (Fsp3) is 0.667. The molecular formula is C21H32N2O4. The Morgan fingerprint density at radius 2 is 1.85 bits per heavy atom. The Balaban J connectivity index is 1.20. The number of hydrogen-bond acceptors (Lipinski definition) is 5. The zero-order valence-corrected chi connectivity index (χ0v) is 16.6. The minimum absolute atomic E-state index is 0.0230. The molecule has 1 saturated carbocycles. The highest BCUT2D eigenvalue weighted by atomic mass is 16.5. The van der Waals surface area contributed by atoms with Gasteiger partial charge >= 0.3 is 0 Å². The molecule has 1 aliphatic heterocycles. The van der Waals surface area contributed by atoms with E-state index < -0.39 is 0 Å². The van der Waals surface area contributed by atoms with E-state index in [2.05, 4.69) is 12.2 Å². The Morgan fingerprint density at radius 1 is 1.11 bits per heavy atom. The van der Waals surface area contributed by atoms with Crippen LogP contribution in [0.1, 0.15) is 42.1 Å². The summed E-state index contributed by atoms with van der Waals surface area (Å²) in [5, 5.41) is 3.47. The molecule has 1 aliphatic carbocycles. The van der Waals surface area contributed by atoms with E-state index >= 15 is 0 Å². The van der Waals surface area contributed by atoms with Gasteiger partial charge in [-0.3, -0.25) is 4.79 Å². The highest BCUT2D eigenvalue weighted by Gasteiger charge is 2.30. The molecule has 0 unspecified atom stereocenters. The summed E-state index contributed by atoms with van der Waals surface area (Å²) < 4.78 is 16.9. The second kappa shape index (κ2) is 9.53. The number of nitrogens with zero attached hydrogens (tertiary/aromatic N) is 1. The molecule has 0 radical (unpaired) electrons. The lowest BCUT2D eigenvalue weighted by atomic mass is 9.70. The van der Waals surface area contributed by atoms with Crippen LogP contribution in [0.3, 0.4) is 0 Å². The molecular weight excluding hydrogens is 344 g/mol. The number of ether oxygens (including phenoxy) is 3. The number of benzene rings is 1. The molecule has 150 valence electrons. The van der Waals surface area contributed by atoms with Gasteiger partial charge < -0.3 is 24.4 Å². The first-order valence-corrected chi connectivity index (χ1v) is 9.95. The molecule has 3 rings (SSSR count). The zero-order valence-electron chi connectivity index (χ0n) is 16.6. The first-order chi connectivity index (χ1) is 13.1. The second-order valence-corrected chi connectivity index (χ2v) is 7.87. The lowest BCUT2D eigenvalue weighted by Crippen LogP contribution is -2.38. The van der Waals surface area contributed by atoms with E-state index in [0.717, 1.165) is 18.7 Å². The van der Waals surface area contributed by atoms with E-state index in [1.807, 2.05) is 18.2 Å². The molecule has 0 aromatic heterocycles. The predicted molar refractivity (Wildman–Crippen MR) is 104 cm³/mol. The average molecular weight is 376 g/mol. The van der Waals surface area contributed by atoms with Gasteiger partial charge in [0.05, 0.1) is 32.0 Å². The van der Waals surface area contributed by atoms with Gasteiger partial charge in [0.15, 0.2) is 0 Å². The molecule has 0 atom stereocenters. The summed E-state index contributed by atoms with van der Waals surface area (Å²) in [7, 11) is 1.80. The highest BCUT2D eigenvalue weighted by Crippen LogP contribution is 2.39. The molecule has 0 saturated heterocycles. The van der Waals surface area contributed by atoms with E-state index in [9.17, 15) is 4.79 Å². The zero-order chi connectivity index (χ0) is 19.1. The van der Waals surface area contributed by atoms with Crippen LogP contribution in [0.5, 0.6) is 5.75 Å². The first-order valence-electron chi connectivity index (χ1n) is 9.95. The molecule has 1 aromatic rings. The molecule has 6 nitrogen and oxygen atoms in total. The fourth-order valence-electron chi connectivity index (χ4n) is 3.61. The quantitative estimate of drug-likeness (QED) is 0.568. The number of carbonyl (C=O) groups is 1. The maximum atomic E-state index is 12.2. The van der Waals surface area contributed by atoms with E-state index in [4.69, 9.17) is 14.2 Å². The number of amides is 1. The summed E-state index contributed by atoms with van der Waals surface area (Å²) in [4.78, 5) is 13.9. The van der Waals surface area contributed by atoms with Gasteiger partial charge in [-0.1, -0.05) is 25.5 Å². The third kappa shape index (κ3) is 5.43. The van der Waals surface area contributed by atoms with Crippen LogP contribution in [0.4, 0.5) is 0 Å². The van der Waals surface area contributed by atoms with Crippen molar-refractivity contribution in [1.82, 2.24) is 10.2 Å². The Bertz CT molecular complexity index is 631. The van der Waals surface area contributed by atoms with E-state index in [1.165, 1.54) is 19.3 Å². The number of fused-ring (bicyclic) bond motifs is 1. The minimum Gasteiger partial charge on any atom is -0.490 e. The number of carbonyl (C=O) groups excluding carboxylic acids is 1. The van der Waals surface area contributed by atoms with Crippen LogP contribution in [-0.4, -0.2) is 64.0 Å². The standard InChI is InChI=1S/C21H32N2O4/c1-21(7-4-8-21)16-22-9-10-25-11-12-26-13-14-27-18-6-3-5-17-15-23(2)20(24)19(17)18/h3,5-6,22H,4,7-16H2,1-2H3. The van der Waals surface area contributed by atoms with Gasteiger partial charge in [-0.15, -0.1) is 0 Å². The lowest BCUT2D eigenvalue weighted by Gasteiger charge is -2.38. The smallest absolute Gasteiger partial charge is 0.258 e. The monoisotopic (exact) mass is 376 g/mol. The van der Waals surface area contributed by atoms with E-state index in [0.29, 0.717) is 56.3 Å². The number of hydrogen-bond donors (Lipinski definition) is 1. The van der Waals surface area contributed by atoms with E-state index in [1.54, 1.807) is 11.9 Å². The van der Waals surface area contributed by atoms with Gasteiger partial charge in [-0.2, -0.15) is 0 Å². The van der Waals surface area contributed by atoms with Crippen LogP contribution in [0.2, 0.25) is 0 Å². The molecule has 1 fully saturated rings. The maximum absolute atomic E-state index is 12.2. The molecule has 1 N–H and O–H groups in total. The fourth-order valence-corrected chi connectivity index (χ4v) is 3.61. The molecule has 0 bridgehead atoms. The van der Waals surface area contributed by atoms with Crippen LogP contribution in [0.25, 0.3) is 0 Å². The molecule has 27 heavy (non-hydrogen) atoms. The molecule has 1 amide bonds. The summed E-state index contributed by atoms with van der Waals surface area (Å²) >= 11 is 0. The van der Waals surface area contributed by atoms with Gasteiger partial charge in [-0.25, -0.2) is 0 Å². The van der Waals surface area contributed by atoms with Crippen LogP contribution in [0.15, 0.2) is 18.2 Å². The summed E-state index contributed by atoms with van der Waals surface area (Å²) in [6.07, 6.45) is 4.05. The van der Waals surface area contributed by atoms with Crippen molar-refractivity contribution in [3.05, 3.63) is 29.3 Å². The van der Waals surface area contributed by atoms with E-state index in [-0.39, 0.29) is 5.91 Å². The lowest BCUT2D eigenvalue weighted by molar-refractivity contribution is 0.0360. The molecule has 1 aromatic carbocycles. The first kappa shape index (κ1) is 20.1. The van der Waals surface area contributed by atoms with Crippen molar-refractivity contribution in [2.75, 3.05) is 53.2 Å². The summed E-state index contributed by atoms with van der Waals surface area (Å²) in [5.41, 5.74) is 2.22.